The van der Waals surface area contributed by atoms with Crippen LogP contribution >= 0.6 is 0 Å². The zero-order chi connectivity index (χ0) is 10.7. The van der Waals surface area contributed by atoms with Gasteiger partial charge < -0.3 is 15.5 Å². The molecule has 4 nitrogen and oxygen atoms in total. The fourth-order valence-electron chi connectivity index (χ4n) is 1.85. The van der Waals surface area contributed by atoms with Gasteiger partial charge in [-0.3, -0.25) is 4.79 Å². The molecule has 0 bridgehead atoms. The van der Waals surface area contributed by atoms with Crippen molar-refractivity contribution in [3.8, 4) is 0 Å². The van der Waals surface area contributed by atoms with E-state index < -0.39 is 0 Å². The third kappa shape index (κ3) is 2.45. The molecule has 0 aromatic rings. The summed E-state index contributed by atoms with van der Waals surface area (Å²) >= 11 is 0. The fraction of sp³-hybridized carbons (Fsp3) is 0.900. The molecular weight excluding hydrogens is 178 g/mol. The van der Waals surface area contributed by atoms with Crippen molar-refractivity contribution >= 4 is 5.91 Å². The highest BCUT2D eigenvalue weighted by Crippen LogP contribution is 2.09. The molecule has 1 fully saturated rings. The predicted molar refractivity (Wildman–Crippen MR) is 56.9 cm³/mol. The molecule has 1 heterocycles. The van der Waals surface area contributed by atoms with Gasteiger partial charge in [0.15, 0.2) is 0 Å². The molecule has 14 heavy (non-hydrogen) atoms. The van der Waals surface area contributed by atoms with Gasteiger partial charge in [-0.15, -0.1) is 0 Å². The first kappa shape index (κ1) is 11.5. The lowest BCUT2D eigenvalue weighted by Crippen LogP contribution is -2.56. The van der Waals surface area contributed by atoms with Crippen molar-refractivity contribution in [2.24, 2.45) is 5.73 Å². The molecule has 0 spiro atoms. The number of carbonyl (C=O) groups is 1. The van der Waals surface area contributed by atoms with Crippen LogP contribution in [0.4, 0.5) is 0 Å². The third-order valence-corrected chi connectivity index (χ3v) is 2.87. The summed E-state index contributed by atoms with van der Waals surface area (Å²) in [5.74, 6) is 0.105. The number of piperazine rings is 1. The van der Waals surface area contributed by atoms with Gasteiger partial charge in [0, 0.05) is 25.7 Å². The highest BCUT2D eigenvalue weighted by molar-refractivity contribution is 5.82. The van der Waals surface area contributed by atoms with Gasteiger partial charge in [0.2, 0.25) is 5.91 Å². The molecular formula is C10H21N3O. The van der Waals surface area contributed by atoms with E-state index in [-0.39, 0.29) is 11.9 Å². The summed E-state index contributed by atoms with van der Waals surface area (Å²) in [6, 6.07) is -0.0280. The van der Waals surface area contributed by atoms with Crippen molar-refractivity contribution < 1.29 is 4.79 Å². The van der Waals surface area contributed by atoms with E-state index in [0.717, 1.165) is 26.1 Å². The van der Waals surface area contributed by atoms with Crippen molar-refractivity contribution in [2.75, 3.05) is 26.7 Å². The van der Waals surface area contributed by atoms with Gasteiger partial charge in [0.1, 0.15) is 0 Å². The van der Waals surface area contributed by atoms with E-state index in [2.05, 4.69) is 18.9 Å². The highest BCUT2D eigenvalue weighted by atomic mass is 16.2. The molecule has 2 N–H and O–H groups in total. The lowest BCUT2D eigenvalue weighted by molar-refractivity contribution is -0.136. The summed E-state index contributed by atoms with van der Waals surface area (Å²) in [6.07, 6.45) is 0.720. The van der Waals surface area contributed by atoms with Crippen LogP contribution in [-0.2, 0) is 4.79 Å². The summed E-state index contributed by atoms with van der Waals surface area (Å²) < 4.78 is 0. The Balaban J connectivity index is 2.55. The van der Waals surface area contributed by atoms with Crippen molar-refractivity contribution in [3.05, 3.63) is 0 Å². The van der Waals surface area contributed by atoms with Crippen LogP contribution in [0.15, 0.2) is 0 Å². The number of carbonyl (C=O) groups excluding carboxylic acids is 1. The summed E-state index contributed by atoms with van der Waals surface area (Å²) in [6.45, 7) is 6.73. The standard InChI is InChI=1S/C10H21N3O/c1-4-9(11)10(14)13-6-5-12(3)7-8(13)2/h8-9H,4-7,11H2,1-3H3. The van der Waals surface area contributed by atoms with Crippen molar-refractivity contribution in [3.63, 3.8) is 0 Å². The van der Waals surface area contributed by atoms with Gasteiger partial charge in [-0.1, -0.05) is 6.92 Å². The first-order chi connectivity index (χ1) is 6.56. The number of rotatable bonds is 2. The maximum Gasteiger partial charge on any atom is 0.239 e. The van der Waals surface area contributed by atoms with E-state index in [9.17, 15) is 4.79 Å². The Kier molecular flexibility index (Phi) is 3.89. The van der Waals surface area contributed by atoms with Crippen molar-refractivity contribution in [2.45, 2.75) is 32.4 Å². The van der Waals surface area contributed by atoms with Crippen LogP contribution in [0.3, 0.4) is 0 Å². The molecule has 0 aliphatic carbocycles. The van der Waals surface area contributed by atoms with E-state index in [1.165, 1.54) is 0 Å². The second-order valence-electron chi connectivity index (χ2n) is 4.16. The number of nitrogens with two attached hydrogens (primary N) is 1. The molecule has 0 saturated carbocycles. The second kappa shape index (κ2) is 4.75. The molecule has 2 atom stereocenters. The Bertz CT molecular complexity index is 208. The van der Waals surface area contributed by atoms with Gasteiger partial charge in [-0.25, -0.2) is 0 Å². The lowest BCUT2D eigenvalue weighted by atomic mass is 10.1. The summed E-state index contributed by atoms with van der Waals surface area (Å²) in [4.78, 5) is 16.0. The molecule has 1 saturated heterocycles. The molecule has 2 unspecified atom stereocenters. The van der Waals surface area contributed by atoms with Crippen LogP contribution in [0.5, 0.6) is 0 Å². The zero-order valence-electron chi connectivity index (χ0n) is 9.36. The molecule has 0 radical (unpaired) electrons. The maximum atomic E-state index is 11.8. The Morgan fingerprint density at radius 1 is 1.57 bits per heavy atom. The van der Waals surface area contributed by atoms with Crippen LogP contribution in [0.1, 0.15) is 20.3 Å². The Morgan fingerprint density at radius 2 is 2.21 bits per heavy atom. The van der Waals surface area contributed by atoms with Gasteiger partial charge in [-0.05, 0) is 20.4 Å². The van der Waals surface area contributed by atoms with Gasteiger partial charge in [0.05, 0.1) is 6.04 Å². The van der Waals surface area contributed by atoms with E-state index in [1.54, 1.807) is 0 Å². The third-order valence-electron chi connectivity index (χ3n) is 2.87. The zero-order valence-corrected chi connectivity index (χ0v) is 9.36. The van der Waals surface area contributed by atoms with Crippen molar-refractivity contribution in [1.82, 2.24) is 9.80 Å². The monoisotopic (exact) mass is 199 g/mol. The Labute approximate surface area is 86.0 Å². The molecule has 0 aromatic heterocycles. The topological polar surface area (TPSA) is 49.6 Å². The van der Waals surface area contributed by atoms with Gasteiger partial charge in [-0.2, -0.15) is 0 Å². The maximum absolute atomic E-state index is 11.8. The van der Waals surface area contributed by atoms with Crippen LogP contribution < -0.4 is 5.73 Å². The molecule has 1 rings (SSSR count). The SMILES string of the molecule is CCC(N)C(=O)N1CCN(C)CC1C. The number of likely N-dealkylation sites (N-methyl/N-ethyl adjacent to an activating group) is 1. The van der Waals surface area contributed by atoms with Gasteiger partial charge >= 0.3 is 0 Å². The summed E-state index contributed by atoms with van der Waals surface area (Å²) in [5.41, 5.74) is 5.74. The van der Waals surface area contributed by atoms with E-state index in [0.29, 0.717) is 6.04 Å². The normalized spacial score (nSPS) is 26.3. The van der Waals surface area contributed by atoms with Crippen LogP contribution in [0.25, 0.3) is 0 Å². The number of hydrogen-bond acceptors (Lipinski definition) is 3. The first-order valence-electron chi connectivity index (χ1n) is 5.30. The Hall–Kier alpha value is -0.610. The molecule has 82 valence electrons. The van der Waals surface area contributed by atoms with Crippen LogP contribution in [0.2, 0.25) is 0 Å². The van der Waals surface area contributed by atoms with E-state index >= 15 is 0 Å². The minimum atomic E-state index is -0.319. The van der Waals surface area contributed by atoms with E-state index in [4.69, 9.17) is 5.73 Å². The number of amides is 1. The fourth-order valence-corrected chi connectivity index (χ4v) is 1.85. The molecule has 0 aromatic carbocycles. The van der Waals surface area contributed by atoms with E-state index in [1.807, 2.05) is 11.8 Å². The highest BCUT2D eigenvalue weighted by Gasteiger charge is 2.28. The second-order valence-corrected chi connectivity index (χ2v) is 4.16. The smallest absolute Gasteiger partial charge is 0.239 e. The molecule has 4 heteroatoms. The number of hydrogen-bond donors (Lipinski definition) is 1. The van der Waals surface area contributed by atoms with Gasteiger partial charge in [0.25, 0.3) is 0 Å². The van der Waals surface area contributed by atoms with Crippen LogP contribution in [-0.4, -0.2) is 54.5 Å². The predicted octanol–water partition coefficient (Wildman–Crippen LogP) is -0.114. The minimum absolute atomic E-state index is 0.105. The molecule has 1 aliphatic rings. The molecule has 1 aliphatic heterocycles. The first-order valence-corrected chi connectivity index (χ1v) is 5.30. The minimum Gasteiger partial charge on any atom is -0.336 e. The summed E-state index contributed by atoms with van der Waals surface area (Å²) in [5, 5.41) is 0. The summed E-state index contributed by atoms with van der Waals surface area (Å²) in [7, 11) is 2.08. The Morgan fingerprint density at radius 3 is 2.71 bits per heavy atom. The number of nitrogens with zero attached hydrogens (tertiary/aromatic N) is 2. The lowest BCUT2D eigenvalue weighted by Gasteiger charge is -2.39. The largest absolute Gasteiger partial charge is 0.336 e. The average molecular weight is 199 g/mol. The van der Waals surface area contributed by atoms with Crippen molar-refractivity contribution in [1.29, 1.82) is 0 Å². The molecule has 1 amide bonds. The van der Waals surface area contributed by atoms with Crippen LogP contribution in [0, 0.1) is 0 Å². The average Bonchev–Trinajstić information content (AvgIpc) is 2.15. The quantitative estimate of drug-likeness (QED) is 0.675.